The number of ether oxygens (including phenoxy) is 1. The van der Waals surface area contributed by atoms with Gasteiger partial charge in [-0.1, -0.05) is 19.9 Å². The first-order chi connectivity index (χ1) is 13.6. The number of aromatic nitrogens is 1. The van der Waals surface area contributed by atoms with Crippen LogP contribution in [0, 0.1) is 0 Å². The van der Waals surface area contributed by atoms with E-state index in [1.54, 1.807) is 0 Å². The van der Waals surface area contributed by atoms with E-state index >= 15 is 0 Å². The fraction of sp³-hybridized carbons (Fsp3) is 0.391. The van der Waals surface area contributed by atoms with Gasteiger partial charge in [-0.3, -0.25) is 9.59 Å². The van der Waals surface area contributed by atoms with E-state index in [1.807, 2.05) is 38.1 Å². The molecule has 0 spiro atoms. The summed E-state index contributed by atoms with van der Waals surface area (Å²) in [6.45, 7) is 12.2. The van der Waals surface area contributed by atoms with Gasteiger partial charge in [0.25, 0.3) is 0 Å². The van der Waals surface area contributed by atoms with E-state index in [4.69, 9.17) is 4.74 Å². The fourth-order valence-electron chi connectivity index (χ4n) is 3.99. The number of carbonyl (C=O) groups excluding carboxylic acids is 2. The van der Waals surface area contributed by atoms with E-state index in [1.165, 1.54) is 0 Å². The number of hydrogen-bond acceptors (Lipinski definition) is 3. The van der Waals surface area contributed by atoms with Crippen molar-refractivity contribution in [1.82, 2.24) is 15.6 Å². The maximum Gasteiger partial charge on any atom is 0.243 e. The van der Waals surface area contributed by atoms with Gasteiger partial charge in [-0.2, -0.15) is 0 Å². The molecule has 1 atom stereocenters. The summed E-state index contributed by atoms with van der Waals surface area (Å²) >= 11 is 0. The van der Waals surface area contributed by atoms with E-state index in [0.29, 0.717) is 6.42 Å². The van der Waals surface area contributed by atoms with E-state index < -0.39 is 6.04 Å². The Bertz CT molecular complexity index is 1060. The Labute approximate surface area is 170 Å². The quantitative estimate of drug-likeness (QED) is 0.699. The third kappa shape index (κ3) is 3.33. The van der Waals surface area contributed by atoms with Gasteiger partial charge < -0.3 is 20.4 Å². The van der Waals surface area contributed by atoms with Crippen molar-refractivity contribution in [3.05, 3.63) is 47.7 Å². The molecule has 2 aliphatic rings. The number of piperazine rings is 1. The van der Waals surface area contributed by atoms with Crippen molar-refractivity contribution in [2.75, 3.05) is 6.54 Å². The molecule has 2 aromatic rings. The molecule has 1 aromatic carbocycles. The van der Waals surface area contributed by atoms with Crippen molar-refractivity contribution < 1.29 is 14.3 Å². The topological polar surface area (TPSA) is 83.2 Å². The fourth-order valence-corrected chi connectivity index (χ4v) is 3.99. The molecule has 29 heavy (non-hydrogen) atoms. The third-order valence-corrected chi connectivity index (χ3v) is 5.74. The van der Waals surface area contributed by atoms with Crippen molar-refractivity contribution in [3.8, 4) is 5.75 Å². The first-order valence-corrected chi connectivity index (χ1v) is 9.88. The predicted molar refractivity (Wildman–Crippen MR) is 114 cm³/mol. The van der Waals surface area contributed by atoms with Gasteiger partial charge >= 0.3 is 0 Å². The summed E-state index contributed by atoms with van der Waals surface area (Å²) in [5.74, 6) is 0.489. The van der Waals surface area contributed by atoms with Gasteiger partial charge in [0.05, 0.1) is 12.1 Å². The highest BCUT2D eigenvalue weighted by atomic mass is 16.5. The van der Waals surface area contributed by atoms with Crippen LogP contribution in [0.3, 0.4) is 0 Å². The van der Waals surface area contributed by atoms with Crippen molar-refractivity contribution >= 4 is 28.8 Å². The monoisotopic (exact) mass is 393 g/mol. The number of hydrogen-bond donors (Lipinski definition) is 3. The minimum Gasteiger partial charge on any atom is -0.483 e. The van der Waals surface area contributed by atoms with Gasteiger partial charge in [0, 0.05) is 28.5 Å². The Kier molecular flexibility index (Phi) is 4.33. The molecule has 2 aliphatic heterocycles. The molecule has 2 amide bonds. The van der Waals surface area contributed by atoms with Gasteiger partial charge in [0.1, 0.15) is 17.4 Å². The molecule has 6 heteroatoms. The predicted octanol–water partition coefficient (Wildman–Crippen LogP) is 2.97. The Balaban J connectivity index is 1.88. The summed E-state index contributed by atoms with van der Waals surface area (Å²) in [6.07, 6.45) is 6.42. The number of nitrogens with one attached hydrogen (secondary N) is 3. The van der Waals surface area contributed by atoms with Crippen LogP contribution in [-0.4, -0.2) is 35.0 Å². The lowest BCUT2D eigenvalue weighted by atomic mass is 9.84. The number of carbonyl (C=O) groups is 2. The second kappa shape index (κ2) is 6.51. The van der Waals surface area contributed by atoms with Crippen LogP contribution in [0.15, 0.2) is 30.9 Å². The lowest BCUT2D eigenvalue weighted by Crippen LogP contribution is -2.57. The minimum absolute atomic E-state index is 0.0274. The lowest BCUT2D eigenvalue weighted by molar-refractivity contribution is -0.133. The van der Waals surface area contributed by atoms with Crippen LogP contribution in [-0.2, 0) is 21.4 Å². The Morgan fingerprint density at radius 2 is 2.07 bits per heavy atom. The molecule has 3 N–H and O–H groups in total. The average Bonchev–Trinajstić information content (AvgIpc) is 3.03. The van der Waals surface area contributed by atoms with Gasteiger partial charge in [0.15, 0.2) is 0 Å². The Morgan fingerprint density at radius 1 is 1.31 bits per heavy atom. The highest BCUT2D eigenvalue weighted by Gasteiger charge is 2.32. The van der Waals surface area contributed by atoms with Crippen LogP contribution in [0.1, 0.15) is 44.5 Å². The maximum absolute atomic E-state index is 12.3. The normalized spacial score (nSPS) is 20.6. The molecule has 1 aromatic heterocycles. The molecule has 152 valence electrons. The number of allylic oxidation sites excluding steroid dienone is 1. The smallest absolute Gasteiger partial charge is 0.243 e. The molecule has 0 aliphatic carbocycles. The van der Waals surface area contributed by atoms with Gasteiger partial charge in [-0.05, 0) is 43.7 Å². The third-order valence-electron chi connectivity index (χ3n) is 5.74. The van der Waals surface area contributed by atoms with Crippen LogP contribution >= 0.6 is 0 Å². The molecular weight excluding hydrogens is 366 g/mol. The van der Waals surface area contributed by atoms with Gasteiger partial charge in [-0.15, -0.1) is 6.58 Å². The lowest BCUT2D eigenvalue weighted by Gasteiger charge is -2.28. The summed E-state index contributed by atoms with van der Waals surface area (Å²) in [5.41, 5.74) is 3.26. The molecule has 1 fully saturated rings. The standard InChI is InChI=1S/C23H27N3O3/c1-6-22(2,3)20-15(11-16-21(28)24-12-18(27)25-16)13-7-8-17-14(19(13)26-20)9-10-23(4,5)29-17/h6-10,16,26H,1,11-12H2,2-5H3,(H,24,28)(H,25,27). The van der Waals surface area contributed by atoms with Crippen molar-refractivity contribution in [3.63, 3.8) is 0 Å². The van der Waals surface area contributed by atoms with Crippen molar-refractivity contribution in [2.24, 2.45) is 0 Å². The van der Waals surface area contributed by atoms with Crippen molar-refractivity contribution in [2.45, 2.75) is 51.2 Å². The summed E-state index contributed by atoms with van der Waals surface area (Å²) in [6, 6.07) is 3.40. The molecule has 0 saturated carbocycles. The number of rotatable bonds is 4. The molecule has 0 radical (unpaired) electrons. The number of H-pyrrole nitrogens is 1. The van der Waals surface area contributed by atoms with E-state index in [0.717, 1.165) is 33.5 Å². The first kappa shape index (κ1) is 19.3. The SMILES string of the molecule is C=CC(C)(C)c1[nH]c2c3c(ccc2c1CC1NC(=O)CNC1=O)OC(C)(C)C=C3. The molecule has 4 rings (SSSR count). The number of aromatic amines is 1. The summed E-state index contributed by atoms with van der Waals surface area (Å²) in [7, 11) is 0. The second-order valence-electron chi connectivity index (χ2n) is 8.89. The van der Waals surface area contributed by atoms with Gasteiger partial charge in [0.2, 0.25) is 11.8 Å². The second-order valence-corrected chi connectivity index (χ2v) is 8.89. The van der Waals surface area contributed by atoms with Crippen LogP contribution in [0.2, 0.25) is 0 Å². The van der Waals surface area contributed by atoms with Crippen LogP contribution in [0.5, 0.6) is 5.75 Å². The zero-order valence-electron chi connectivity index (χ0n) is 17.3. The molecule has 0 bridgehead atoms. The van der Waals surface area contributed by atoms with Crippen LogP contribution in [0.25, 0.3) is 17.0 Å². The molecule has 1 unspecified atom stereocenters. The van der Waals surface area contributed by atoms with Crippen LogP contribution < -0.4 is 15.4 Å². The van der Waals surface area contributed by atoms with Crippen molar-refractivity contribution in [1.29, 1.82) is 0 Å². The van der Waals surface area contributed by atoms with Crippen LogP contribution in [0.4, 0.5) is 0 Å². The zero-order valence-corrected chi connectivity index (χ0v) is 17.3. The first-order valence-electron chi connectivity index (χ1n) is 9.88. The number of amides is 2. The van der Waals surface area contributed by atoms with E-state index in [9.17, 15) is 9.59 Å². The summed E-state index contributed by atoms with van der Waals surface area (Å²) in [4.78, 5) is 27.8. The number of benzene rings is 1. The Morgan fingerprint density at radius 3 is 2.79 bits per heavy atom. The minimum atomic E-state index is -0.601. The number of fused-ring (bicyclic) bond motifs is 3. The van der Waals surface area contributed by atoms with Gasteiger partial charge in [-0.25, -0.2) is 0 Å². The average molecular weight is 393 g/mol. The molecule has 6 nitrogen and oxygen atoms in total. The highest BCUT2D eigenvalue weighted by molar-refractivity contribution is 5.97. The van der Waals surface area contributed by atoms with E-state index in [-0.39, 0.29) is 29.4 Å². The maximum atomic E-state index is 12.3. The summed E-state index contributed by atoms with van der Waals surface area (Å²) < 4.78 is 6.12. The highest BCUT2D eigenvalue weighted by Crippen LogP contribution is 2.40. The van der Waals surface area contributed by atoms with E-state index in [2.05, 4.69) is 42.1 Å². The molecule has 1 saturated heterocycles. The Hall–Kier alpha value is -3.02. The largest absolute Gasteiger partial charge is 0.483 e. The zero-order chi connectivity index (χ0) is 21.0. The summed E-state index contributed by atoms with van der Waals surface area (Å²) in [5, 5.41) is 6.49. The molecule has 3 heterocycles. The molecular formula is C23H27N3O3.